The van der Waals surface area contributed by atoms with Gasteiger partial charge in [-0.15, -0.1) is 0 Å². The standard InChI is InChI=1S/C9H7N3O/c1-2-13-5-8-9-7(4-12(1)8)3-10-6-11-9/h1-5H,6H2. The first-order valence-electron chi connectivity index (χ1n) is 4.03. The maximum absolute atomic E-state index is 5.09. The lowest BCUT2D eigenvalue weighted by Gasteiger charge is -1.99. The normalized spacial score (nSPS) is 16.6. The minimum atomic E-state index is 0.515. The summed E-state index contributed by atoms with van der Waals surface area (Å²) >= 11 is 0. The number of aliphatic imine (C=N–C) groups is 1. The van der Waals surface area contributed by atoms with E-state index in [9.17, 15) is 0 Å². The zero-order valence-corrected chi connectivity index (χ0v) is 6.84. The Balaban J connectivity index is 2.47. The van der Waals surface area contributed by atoms with Gasteiger partial charge >= 0.3 is 0 Å². The third-order valence-corrected chi connectivity index (χ3v) is 2.09. The minimum absolute atomic E-state index is 0.515. The third kappa shape index (κ3) is 0.853. The predicted octanol–water partition coefficient (Wildman–Crippen LogP) is -0.306. The van der Waals surface area contributed by atoms with Crippen molar-refractivity contribution in [3.05, 3.63) is 28.7 Å². The van der Waals surface area contributed by atoms with Gasteiger partial charge in [-0.2, -0.15) is 0 Å². The van der Waals surface area contributed by atoms with Gasteiger partial charge in [-0.1, -0.05) is 0 Å². The molecule has 1 aromatic rings. The highest BCUT2D eigenvalue weighted by Gasteiger charge is 2.06. The Morgan fingerprint density at radius 3 is 3.46 bits per heavy atom. The van der Waals surface area contributed by atoms with Crippen molar-refractivity contribution in [3.63, 3.8) is 0 Å². The van der Waals surface area contributed by atoms with E-state index in [1.807, 2.05) is 23.2 Å². The van der Waals surface area contributed by atoms with E-state index >= 15 is 0 Å². The topological polar surface area (TPSA) is 38.9 Å². The molecule has 0 N–H and O–H groups in total. The molecule has 0 radical (unpaired) electrons. The van der Waals surface area contributed by atoms with Gasteiger partial charge in [0.15, 0.2) is 0 Å². The molecule has 2 aliphatic rings. The third-order valence-electron chi connectivity index (χ3n) is 2.09. The van der Waals surface area contributed by atoms with Crippen molar-refractivity contribution in [2.75, 3.05) is 6.67 Å². The Kier molecular flexibility index (Phi) is 1.19. The van der Waals surface area contributed by atoms with Crippen LogP contribution < -0.4 is 10.7 Å². The number of ether oxygens (including phenoxy) is 1. The van der Waals surface area contributed by atoms with E-state index in [-0.39, 0.29) is 0 Å². The number of rotatable bonds is 0. The van der Waals surface area contributed by atoms with Gasteiger partial charge in [0, 0.05) is 24.2 Å². The summed E-state index contributed by atoms with van der Waals surface area (Å²) in [5.74, 6) is 0. The minimum Gasteiger partial charge on any atom is -0.469 e. The largest absolute Gasteiger partial charge is 0.469 e. The van der Waals surface area contributed by atoms with Gasteiger partial charge in [0.25, 0.3) is 0 Å². The van der Waals surface area contributed by atoms with Crippen LogP contribution in [0, 0.1) is 0 Å². The van der Waals surface area contributed by atoms with Gasteiger partial charge in [0.2, 0.25) is 0 Å². The van der Waals surface area contributed by atoms with E-state index in [1.165, 1.54) is 0 Å². The fourth-order valence-electron chi connectivity index (χ4n) is 1.51. The van der Waals surface area contributed by atoms with E-state index in [2.05, 4.69) is 9.98 Å². The van der Waals surface area contributed by atoms with Gasteiger partial charge in [0.1, 0.15) is 24.5 Å². The second kappa shape index (κ2) is 2.32. The summed E-state index contributed by atoms with van der Waals surface area (Å²) in [5.41, 5.74) is 1.05. The van der Waals surface area contributed by atoms with Crippen LogP contribution in [-0.4, -0.2) is 17.5 Å². The van der Waals surface area contributed by atoms with Crippen molar-refractivity contribution < 1.29 is 4.74 Å². The van der Waals surface area contributed by atoms with E-state index in [4.69, 9.17) is 4.74 Å². The summed E-state index contributed by atoms with van der Waals surface area (Å²) in [7, 11) is 0. The molecule has 0 amide bonds. The van der Waals surface area contributed by atoms with Crippen LogP contribution in [0.4, 0.5) is 0 Å². The Bertz CT molecular complexity index is 475. The smallest absolute Gasteiger partial charge is 0.130 e. The Morgan fingerprint density at radius 1 is 1.46 bits per heavy atom. The van der Waals surface area contributed by atoms with Gasteiger partial charge in [0.05, 0.1) is 5.36 Å². The Morgan fingerprint density at radius 2 is 2.46 bits per heavy atom. The van der Waals surface area contributed by atoms with Crippen LogP contribution in [0.15, 0.2) is 22.4 Å². The van der Waals surface area contributed by atoms with Crippen LogP contribution in [-0.2, 0) is 4.74 Å². The summed E-state index contributed by atoms with van der Waals surface area (Å²) in [4.78, 5) is 8.38. The number of fused-ring (bicyclic) bond motifs is 3. The molecule has 4 heteroatoms. The SMILES string of the molecule is C1=Cn2cc3c(c2=CO1)=NCN=C3. The summed E-state index contributed by atoms with van der Waals surface area (Å²) in [6.07, 6.45) is 9.02. The maximum atomic E-state index is 5.09. The molecule has 3 rings (SSSR count). The van der Waals surface area contributed by atoms with E-state index in [0.29, 0.717) is 6.67 Å². The molecule has 0 spiro atoms. The highest BCUT2D eigenvalue weighted by Crippen LogP contribution is 1.96. The lowest BCUT2D eigenvalue weighted by atomic mass is 10.3. The van der Waals surface area contributed by atoms with Crippen molar-refractivity contribution in [1.82, 2.24) is 4.57 Å². The number of aromatic nitrogens is 1. The van der Waals surface area contributed by atoms with Gasteiger partial charge in [-0.25, -0.2) is 0 Å². The van der Waals surface area contributed by atoms with Crippen LogP contribution in [0.5, 0.6) is 0 Å². The van der Waals surface area contributed by atoms with Crippen LogP contribution in [0.1, 0.15) is 5.56 Å². The molecule has 1 aromatic heterocycles. The number of hydrogen-bond donors (Lipinski definition) is 0. The zero-order chi connectivity index (χ0) is 8.67. The van der Waals surface area contributed by atoms with E-state index in [1.54, 1.807) is 12.5 Å². The molecule has 0 saturated heterocycles. The average Bonchev–Trinajstić information content (AvgIpc) is 2.56. The molecule has 0 unspecified atom stereocenters. The fourth-order valence-corrected chi connectivity index (χ4v) is 1.51. The van der Waals surface area contributed by atoms with E-state index in [0.717, 1.165) is 16.3 Å². The zero-order valence-electron chi connectivity index (χ0n) is 6.84. The lowest BCUT2D eigenvalue weighted by Crippen LogP contribution is -2.31. The van der Waals surface area contributed by atoms with Crippen LogP contribution in [0.2, 0.25) is 0 Å². The molecule has 0 atom stereocenters. The fraction of sp³-hybridized carbons (Fsp3) is 0.111. The second-order valence-electron chi connectivity index (χ2n) is 2.88. The van der Waals surface area contributed by atoms with Gasteiger partial charge in [-0.05, 0) is 0 Å². The van der Waals surface area contributed by atoms with Crippen molar-refractivity contribution in [1.29, 1.82) is 0 Å². The summed E-state index contributed by atoms with van der Waals surface area (Å²) in [6, 6.07) is 0. The Labute approximate surface area is 74.2 Å². The first kappa shape index (κ1) is 6.65. The molecule has 64 valence electrons. The highest BCUT2D eigenvalue weighted by atomic mass is 16.5. The molecule has 0 saturated carbocycles. The first-order valence-corrected chi connectivity index (χ1v) is 4.03. The number of nitrogens with zero attached hydrogens (tertiary/aromatic N) is 3. The van der Waals surface area contributed by atoms with Crippen LogP contribution >= 0.6 is 0 Å². The summed E-state index contributed by atoms with van der Waals surface area (Å²) in [6.45, 7) is 0.515. The van der Waals surface area contributed by atoms with Crippen LogP contribution in [0.3, 0.4) is 0 Å². The molecule has 4 nitrogen and oxygen atoms in total. The molecule has 2 aliphatic heterocycles. The molecule has 0 fully saturated rings. The monoisotopic (exact) mass is 173 g/mol. The van der Waals surface area contributed by atoms with Crippen molar-refractivity contribution in [2.24, 2.45) is 9.98 Å². The molecule has 0 bridgehead atoms. The predicted molar refractivity (Wildman–Crippen MR) is 48.6 cm³/mol. The Hall–Kier alpha value is -1.84. The quantitative estimate of drug-likeness (QED) is 0.530. The van der Waals surface area contributed by atoms with Gasteiger partial charge in [-0.3, -0.25) is 9.98 Å². The van der Waals surface area contributed by atoms with Crippen molar-refractivity contribution in [3.8, 4) is 0 Å². The molecule has 13 heavy (non-hydrogen) atoms. The molecule has 0 aromatic carbocycles. The molecular formula is C9H7N3O. The summed E-state index contributed by atoms with van der Waals surface area (Å²) in [5, 5.41) is 1.96. The highest BCUT2D eigenvalue weighted by molar-refractivity contribution is 5.80. The van der Waals surface area contributed by atoms with E-state index < -0.39 is 0 Å². The lowest BCUT2D eigenvalue weighted by molar-refractivity contribution is 0.452. The van der Waals surface area contributed by atoms with Crippen LogP contribution in [0.25, 0.3) is 12.5 Å². The average molecular weight is 173 g/mol. The summed E-state index contributed by atoms with van der Waals surface area (Å²) < 4.78 is 7.07. The molecule has 3 heterocycles. The second-order valence-corrected chi connectivity index (χ2v) is 2.88. The first-order chi connectivity index (χ1) is 6.45. The van der Waals surface area contributed by atoms with Gasteiger partial charge < -0.3 is 9.30 Å². The molecule has 0 aliphatic carbocycles. The maximum Gasteiger partial charge on any atom is 0.130 e. The van der Waals surface area contributed by atoms with Crippen molar-refractivity contribution in [2.45, 2.75) is 0 Å². The van der Waals surface area contributed by atoms with Crippen molar-refractivity contribution >= 4 is 18.7 Å². The molecular weight excluding hydrogens is 166 g/mol. The number of hydrogen-bond acceptors (Lipinski definition) is 3.